The van der Waals surface area contributed by atoms with Gasteiger partial charge in [0, 0.05) is 23.1 Å². The summed E-state index contributed by atoms with van der Waals surface area (Å²) in [6, 6.07) is 9.17. The molecule has 3 rings (SSSR count). The first-order valence-corrected chi connectivity index (χ1v) is 11.2. The second-order valence-electron chi connectivity index (χ2n) is 7.00. The van der Waals surface area contributed by atoms with Gasteiger partial charge >= 0.3 is 0 Å². The maximum absolute atomic E-state index is 12.2. The minimum Gasteiger partial charge on any atom is -0.493 e. The van der Waals surface area contributed by atoms with Crippen LogP contribution in [-0.2, 0) is 9.84 Å². The number of aliphatic hydroxyl groups is 2. The number of nitrogen functional groups attached to an aromatic ring is 1. The summed E-state index contributed by atoms with van der Waals surface area (Å²) in [5.74, 6) is 0.641. The highest BCUT2D eigenvalue weighted by Crippen LogP contribution is 2.47. The van der Waals surface area contributed by atoms with Gasteiger partial charge in [0.2, 0.25) is 0 Å². The van der Waals surface area contributed by atoms with E-state index in [9.17, 15) is 18.6 Å². The van der Waals surface area contributed by atoms with Crippen LogP contribution in [0.4, 0.5) is 5.69 Å². The third kappa shape index (κ3) is 4.18. The van der Waals surface area contributed by atoms with E-state index < -0.39 is 28.3 Å². The first-order valence-electron chi connectivity index (χ1n) is 9.18. The van der Waals surface area contributed by atoms with E-state index in [-0.39, 0.29) is 5.75 Å². The molecule has 3 unspecified atom stereocenters. The van der Waals surface area contributed by atoms with E-state index in [4.69, 9.17) is 15.2 Å². The molecule has 0 amide bonds. The molecule has 1 aliphatic heterocycles. The van der Waals surface area contributed by atoms with E-state index in [0.29, 0.717) is 40.5 Å². The lowest BCUT2D eigenvalue weighted by Crippen LogP contribution is -2.35. The summed E-state index contributed by atoms with van der Waals surface area (Å²) in [6.07, 6.45) is -1.36. The van der Waals surface area contributed by atoms with Gasteiger partial charge in [0.15, 0.2) is 11.5 Å². The second kappa shape index (κ2) is 8.19. The molecule has 1 heterocycles. The maximum Gasteiger partial charge on any atom is 0.161 e. The number of hydrogen-bond donors (Lipinski definition) is 3. The van der Waals surface area contributed by atoms with Crippen molar-refractivity contribution in [3.8, 4) is 11.5 Å². The standard InChI is InChI=1S/C20H26N2O6S/c1-4-28-17-10-12(8-9-16(17)27-2)15(11-29(3,25)26)22-19(23)13-6-5-7-14(21)18(13)20(22)24/h5-10,15,19-20,23-24H,4,11,21H2,1-3H3. The van der Waals surface area contributed by atoms with Crippen molar-refractivity contribution in [2.24, 2.45) is 0 Å². The summed E-state index contributed by atoms with van der Waals surface area (Å²) in [5.41, 5.74) is 7.73. The van der Waals surface area contributed by atoms with Crippen LogP contribution in [0, 0.1) is 0 Å². The number of fused-ring (bicyclic) bond motifs is 1. The normalized spacial score (nSPS) is 20.3. The fourth-order valence-corrected chi connectivity index (χ4v) is 4.66. The van der Waals surface area contributed by atoms with Crippen molar-refractivity contribution in [2.45, 2.75) is 25.4 Å². The summed E-state index contributed by atoms with van der Waals surface area (Å²) in [4.78, 5) is 1.35. The van der Waals surface area contributed by atoms with Crippen LogP contribution in [-0.4, -0.2) is 49.3 Å². The molecule has 3 atom stereocenters. The van der Waals surface area contributed by atoms with E-state index in [2.05, 4.69) is 0 Å². The van der Waals surface area contributed by atoms with Crippen LogP contribution < -0.4 is 15.2 Å². The van der Waals surface area contributed by atoms with Crippen molar-refractivity contribution in [3.63, 3.8) is 0 Å². The fourth-order valence-electron chi connectivity index (χ4n) is 3.72. The van der Waals surface area contributed by atoms with Gasteiger partial charge in [-0.2, -0.15) is 0 Å². The van der Waals surface area contributed by atoms with Crippen LogP contribution in [0.3, 0.4) is 0 Å². The van der Waals surface area contributed by atoms with E-state index >= 15 is 0 Å². The topological polar surface area (TPSA) is 122 Å². The number of benzene rings is 2. The Morgan fingerprint density at radius 1 is 1.17 bits per heavy atom. The molecule has 0 bridgehead atoms. The lowest BCUT2D eigenvalue weighted by molar-refractivity contribution is -0.107. The van der Waals surface area contributed by atoms with Crippen LogP contribution in [0.2, 0.25) is 0 Å². The number of sulfone groups is 1. The van der Waals surface area contributed by atoms with Crippen molar-refractivity contribution in [3.05, 3.63) is 53.1 Å². The molecule has 158 valence electrons. The quantitative estimate of drug-likeness (QED) is 0.577. The zero-order valence-electron chi connectivity index (χ0n) is 16.6. The first-order chi connectivity index (χ1) is 13.7. The lowest BCUT2D eigenvalue weighted by Gasteiger charge is -2.33. The average Bonchev–Trinajstić information content (AvgIpc) is 2.91. The molecule has 0 aliphatic carbocycles. The van der Waals surface area contributed by atoms with Gasteiger partial charge in [-0.3, -0.25) is 0 Å². The molecule has 0 aromatic heterocycles. The molecule has 4 N–H and O–H groups in total. The van der Waals surface area contributed by atoms with Gasteiger partial charge in [-0.05, 0) is 30.7 Å². The SMILES string of the molecule is CCOc1cc(C(CS(C)(=O)=O)N2C(O)c3cccc(N)c3C2O)ccc1OC. The molecule has 1 aliphatic rings. The Balaban J connectivity index is 2.10. The zero-order valence-corrected chi connectivity index (χ0v) is 17.4. The molecule has 29 heavy (non-hydrogen) atoms. The Labute approximate surface area is 170 Å². The largest absolute Gasteiger partial charge is 0.493 e. The molecule has 2 aromatic carbocycles. The fraction of sp³-hybridized carbons (Fsp3) is 0.400. The molecular formula is C20H26N2O6S. The average molecular weight is 423 g/mol. The summed E-state index contributed by atoms with van der Waals surface area (Å²) >= 11 is 0. The van der Waals surface area contributed by atoms with Crippen molar-refractivity contribution in [1.82, 2.24) is 4.90 Å². The van der Waals surface area contributed by atoms with Gasteiger partial charge < -0.3 is 25.4 Å². The zero-order chi connectivity index (χ0) is 21.3. The summed E-state index contributed by atoms with van der Waals surface area (Å²) in [7, 11) is -1.95. The smallest absolute Gasteiger partial charge is 0.161 e. The van der Waals surface area contributed by atoms with E-state index in [1.807, 2.05) is 6.92 Å². The van der Waals surface area contributed by atoms with Crippen molar-refractivity contribution in [1.29, 1.82) is 0 Å². The van der Waals surface area contributed by atoms with Crippen molar-refractivity contribution < 1.29 is 28.1 Å². The molecule has 9 heteroatoms. The molecular weight excluding hydrogens is 396 g/mol. The van der Waals surface area contributed by atoms with E-state index in [1.165, 1.54) is 12.0 Å². The van der Waals surface area contributed by atoms with Crippen LogP contribution in [0.5, 0.6) is 11.5 Å². The minimum atomic E-state index is -3.46. The van der Waals surface area contributed by atoms with Gasteiger partial charge in [0.05, 0.1) is 25.5 Å². The van der Waals surface area contributed by atoms with Gasteiger partial charge in [0.25, 0.3) is 0 Å². The molecule has 0 saturated heterocycles. The number of hydrogen-bond acceptors (Lipinski definition) is 8. The Bertz CT molecular complexity index is 994. The van der Waals surface area contributed by atoms with Gasteiger partial charge in [-0.1, -0.05) is 18.2 Å². The molecule has 0 fully saturated rings. The summed E-state index contributed by atoms with van der Waals surface area (Å²) in [6.45, 7) is 2.22. The third-order valence-corrected chi connectivity index (χ3v) is 5.89. The molecule has 0 saturated carbocycles. The molecule has 2 aromatic rings. The predicted octanol–water partition coefficient (Wildman–Crippen LogP) is 1.76. The summed E-state index contributed by atoms with van der Waals surface area (Å²) in [5, 5.41) is 21.8. The third-order valence-electron chi connectivity index (χ3n) is 4.97. The maximum atomic E-state index is 12.2. The lowest BCUT2D eigenvalue weighted by atomic mass is 10.1. The molecule has 0 spiro atoms. The van der Waals surface area contributed by atoms with Crippen molar-refractivity contribution >= 4 is 15.5 Å². The van der Waals surface area contributed by atoms with Crippen LogP contribution in [0.15, 0.2) is 36.4 Å². The Morgan fingerprint density at radius 2 is 1.90 bits per heavy atom. The number of aliphatic hydroxyl groups excluding tert-OH is 2. The Kier molecular flexibility index (Phi) is 6.04. The highest BCUT2D eigenvalue weighted by atomic mass is 32.2. The molecule has 8 nitrogen and oxygen atoms in total. The van der Waals surface area contributed by atoms with E-state index in [1.54, 1.807) is 36.4 Å². The first kappa shape index (κ1) is 21.4. The number of ether oxygens (including phenoxy) is 2. The van der Waals surface area contributed by atoms with E-state index in [0.717, 1.165) is 6.26 Å². The van der Waals surface area contributed by atoms with Crippen LogP contribution in [0.1, 0.15) is 42.1 Å². The highest BCUT2D eigenvalue weighted by Gasteiger charge is 2.43. The highest BCUT2D eigenvalue weighted by molar-refractivity contribution is 7.90. The number of anilines is 1. The van der Waals surface area contributed by atoms with Gasteiger partial charge in [0.1, 0.15) is 22.3 Å². The predicted molar refractivity (Wildman–Crippen MR) is 109 cm³/mol. The number of nitrogens with two attached hydrogens (primary N) is 1. The Hall–Kier alpha value is -2.33. The van der Waals surface area contributed by atoms with Crippen molar-refractivity contribution in [2.75, 3.05) is 31.5 Å². The summed E-state index contributed by atoms with van der Waals surface area (Å²) < 4.78 is 35.3. The van der Waals surface area contributed by atoms with Crippen LogP contribution in [0.25, 0.3) is 0 Å². The van der Waals surface area contributed by atoms with Crippen LogP contribution >= 0.6 is 0 Å². The van der Waals surface area contributed by atoms with Gasteiger partial charge in [-0.15, -0.1) is 0 Å². The Morgan fingerprint density at radius 3 is 2.48 bits per heavy atom. The van der Waals surface area contributed by atoms with Gasteiger partial charge in [-0.25, -0.2) is 13.3 Å². The minimum absolute atomic E-state index is 0.313. The number of methoxy groups -OCH3 is 1. The second-order valence-corrected chi connectivity index (χ2v) is 9.18. The molecule has 0 radical (unpaired) electrons. The number of rotatable bonds is 7. The number of nitrogens with zero attached hydrogens (tertiary/aromatic N) is 1. The monoisotopic (exact) mass is 422 g/mol.